The van der Waals surface area contributed by atoms with Gasteiger partial charge in [0.15, 0.2) is 0 Å². The largest absolute Gasteiger partial charge is 0.390 e. The van der Waals surface area contributed by atoms with Crippen molar-refractivity contribution in [3.8, 4) is 0 Å². The van der Waals surface area contributed by atoms with Gasteiger partial charge in [-0.3, -0.25) is 0 Å². The average molecular weight is 260 g/mol. The Bertz CT molecular complexity index is 307. The number of thioether (sulfide) groups is 1. The van der Waals surface area contributed by atoms with Crippen molar-refractivity contribution in [2.45, 2.75) is 32.9 Å². The molecule has 0 saturated carbocycles. The first kappa shape index (κ1) is 14.0. The van der Waals surface area contributed by atoms with Gasteiger partial charge >= 0.3 is 0 Å². The van der Waals surface area contributed by atoms with Crippen LogP contribution in [0.15, 0.2) is 6.20 Å². The molecule has 1 aromatic heterocycles. The highest BCUT2D eigenvalue weighted by Crippen LogP contribution is 2.12. The number of thiazole rings is 1. The SMILES string of the molecule is Cc1ncc(CNCCSCC(C)(C)O)s1. The third-order valence-electron chi connectivity index (χ3n) is 1.85. The van der Waals surface area contributed by atoms with E-state index in [1.54, 1.807) is 23.1 Å². The molecule has 0 aliphatic heterocycles. The molecule has 5 heteroatoms. The Labute approximate surface area is 106 Å². The molecule has 16 heavy (non-hydrogen) atoms. The van der Waals surface area contributed by atoms with E-state index in [2.05, 4.69) is 10.3 Å². The van der Waals surface area contributed by atoms with Crippen LogP contribution in [-0.4, -0.2) is 33.7 Å². The van der Waals surface area contributed by atoms with E-state index in [0.717, 1.165) is 29.6 Å². The second-order valence-corrected chi connectivity index (χ2v) is 6.81. The van der Waals surface area contributed by atoms with Crippen molar-refractivity contribution >= 4 is 23.1 Å². The van der Waals surface area contributed by atoms with Gasteiger partial charge < -0.3 is 10.4 Å². The van der Waals surface area contributed by atoms with Crippen LogP contribution in [-0.2, 0) is 6.54 Å². The highest BCUT2D eigenvalue weighted by Gasteiger charge is 2.11. The highest BCUT2D eigenvalue weighted by atomic mass is 32.2. The summed E-state index contributed by atoms with van der Waals surface area (Å²) >= 11 is 3.51. The van der Waals surface area contributed by atoms with Crippen LogP contribution in [0.1, 0.15) is 23.7 Å². The number of aromatic nitrogens is 1. The zero-order valence-corrected chi connectivity index (χ0v) is 11.7. The summed E-state index contributed by atoms with van der Waals surface area (Å²) in [5.74, 6) is 1.82. The summed E-state index contributed by atoms with van der Waals surface area (Å²) in [5.41, 5.74) is -0.556. The molecule has 1 heterocycles. The molecule has 92 valence electrons. The number of nitrogens with zero attached hydrogens (tertiary/aromatic N) is 1. The van der Waals surface area contributed by atoms with E-state index in [4.69, 9.17) is 0 Å². The first-order valence-electron chi connectivity index (χ1n) is 5.39. The molecule has 0 saturated heterocycles. The highest BCUT2D eigenvalue weighted by molar-refractivity contribution is 7.99. The molecular weight excluding hydrogens is 240 g/mol. The fourth-order valence-electron chi connectivity index (χ4n) is 1.16. The maximum atomic E-state index is 9.51. The molecule has 0 fully saturated rings. The standard InChI is InChI=1S/C11H20N2OS2/c1-9-13-7-10(16-9)6-12-4-5-15-8-11(2,3)14/h7,12,14H,4-6,8H2,1-3H3. The first-order chi connectivity index (χ1) is 7.47. The summed E-state index contributed by atoms with van der Waals surface area (Å²) < 4.78 is 0. The van der Waals surface area contributed by atoms with Crippen molar-refractivity contribution in [1.29, 1.82) is 0 Å². The van der Waals surface area contributed by atoms with Crippen LogP contribution in [0, 0.1) is 6.92 Å². The minimum absolute atomic E-state index is 0.556. The van der Waals surface area contributed by atoms with E-state index in [1.807, 2.05) is 27.0 Å². The molecule has 0 unspecified atom stereocenters. The number of aliphatic hydroxyl groups is 1. The number of hydrogen-bond acceptors (Lipinski definition) is 5. The second-order valence-electron chi connectivity index (χ2n) is 4.39. The zero-order valence-electron chi connectivity index (χ0n) is 10.1. The molecule has 3 nitrogen and oxygen atoms in total. The fourth-order valence-corrected chi connectivity index (χ4v) is 2.86. The Morgan fingerprint density at radius 1 is 1.56 bits per heavy atom. The predicted molar refractivity (Wildman–Crippen MR) is 72.2 cm³/mol. The molecule has 0 spiro atoms. The minimum Gasteiger partial charge on any atom is -0.390 e. The molecule has 0 bridgehead atoms. The lowest BCUT2D eigenvalue weighted by atomic mass is 10.2. The normalized spacial score (nSPS) is 12.0. The Morgan fingerprint density at radius 3 is 2.88 bits per heavy atom. The lowest BCUT2D eigenvalue weighted by molar-refractivity contribution is 0.107. The van der Waals surface area contributed by atoms with Crippen LogP contribution < -0.4 is 5.32 Å². The quantitative estimate of drug-likeness (QED) is 0.737. The van der Waals surface area contributed by atoms with Crippen molar-refractivity contribution in [1.82, 2.24) is 10.3 Å². The van der Waals surface area contributed by atoms with Crippen molar-refractivity contribution < 1.29 is 5.11 Å². The van der Waals surface area contributed by atoms with Crippen LogP contribution in [0.2, 0.25) is 0 Å². The van der Waals surface area contributed by atoms with Crippen LogP contribution >= 0.6 is 23.1 Å². The molecular formula is C11H20N2OS2. The van der Waals surface area contributed by atoms with E-state index < -0.39 is 5.60 Å². The fraction of sp³-hybridized carbons (Fsp3) is 0.727. The topological polar surface area (TPSA) is 45.2 Å². The van der Waals surface area contributed by atoms with Crippen molar-refractivity contribution in [3.05, 3.63) is 16.1 Å². The molecule has 0 aliphatic rings. The molecule has 0 amide bonds. The third kappa shape index (κ3) is 6.48. The smallest absolute Gasteiger partial charge is 0.0897 e. The molecule has 0 aromatic carbocycles. The Hall–Kier alpha value is -0.100. The van der Waals surface area contributed by atoms with Gasteiger partial charge in [0.25, 0.3) is 0 Å². The van der Waals surface area contributed by atoms with Crippen LogP contribution in [0.5, 0.6) is 0 Å². The number of hydrogen-bond donors (Lipinski definition) is 2. The summed E-state index contributed by atoms with van der Waals surface area (Å²) in [6, 6.07) is 0. The summed E-state index contributed by atoms with van der Waals surface area (Å²) in [5, 5.41) is 14.0. The average Bonchev–Trinajstić information content (AvgIpc) is 2.56. The van der Waals surface area contributed by atoms with Crippen molar-refractivity contribution in [2.75, 3.05) is 18.1 Å². The molecule has 2 N–H and O–H groups in total. The van der Waals surface area contributed by atoms with Crippen molar-refractivity contribution in [3.63, 3.8) is 0 Å². The molecule has 0 radical (unpaired) electrons. The van der Waals surface area contributed by atoms with Gasteiger partial charge in [-0.2, -0.15) is 11.8 Å². The number of rotatable bonds is 7. The van der Waals surface area contributed by atoms with Gasteiger partial charge in [-0.15, -0.1) is 11.3 Å². The number of nitrogens with one attached hydrogen (secondary N) is 1. The first-order valence-corrected chi connectivity index (χ1v) is 7.37. The molecule has 0 aliphatic carbocycles. The van der Waals surface area contributed by atoms with Crippen LogP contribution in [0.4, 0.5) is 0 Å². The zero-order chi connectivity index (χ0) is 12.0. The lowest BCUT2D eigenvalue weighted by Gasteiger charge is -2.15. The van der Waals surface area contributed by atoms with Crippen LogP contribution in [0.3, 0.4) is 0 Å². The minimum atomic E-state index is -0.556. The lowest BCUT2D eigenvalue weighted by Crippen LogP contribution is -2.23. The Balaban J connectivity index is 2.00. The number of aryl methyl sites for hydroxylation is 1. The summed E-state index contributed by atoms with van der Waals surface area (Å²) in [4.78, 5) is 5.49. The monoisotopic (exact) mass is 260 g/mol. The summed E-state index contributed by atoms with van der Waals surface area (Å²) in [6.07, 6.45) is 1.93. The summed E-state index contributed by atoms with van der Waals surface area (Å²) in [6.45, 7) is 7.57. The predicted octanol–water partition coefficient (Wildman–Crippen LogP) is 2.05. The van der Waals surface area contributed by atoms with E-state index in [1.165, 1.54) is 4.88 Å². The van der Waals surface area contributed by atoms with Gasteiger partial charge in [0.2, 0.25) is 0 Å². The van der Waals surface area contributed by atoms with Gasteiger partial charge in [-0.1, -0.05) is 0 Å². The van der Waals surface area contributed by atoms with Gasteiger partial charge in [0.1, 0.15) is 0 Å². The van der Waals surface area contributed by atoms with Crippen molar-refractivity contribution in [2.24, 2.45) is 0 Å². The summed E-state index contributed by atoms with van der Waals surface area (Å²) in [7, 11) is 0. The maximum Gasteiger partial charge on any atom is 0.0897 e. The van der Waals surface area contributed by atoms with Crippen LogP contribution in [0.25, 0.3) is 0 Å². The van der Waals surface area contributed by atoms with Gasteiger partial charge in [0.05, 0.1) is 10.6 Å². The van der Waals surface area contributed by atoms with E-state index >= 15 is 0 Å². The van der Waals surface area contributed by atoms with E-state index in [-0.39, 0.29) is 0 Å². The maximum absolute atomic E-state index is 9.51. The molecule has 1 aromatic rings. The molecule has 0 atom stereocenters. The Kier molecular flexibility index (Phi) is 5.75. The van der Waals surface area contributed by atoms with E-state index in [0.29, 0.717) is 0 Å². The third-order valence-corrected chi connectivity index (χ3v) is 4.16. The second kappa shape index (κ2) is 6.59. The van der Waals surface area contributed by atoms with E-state index in [9.17, 15) is 5.11 Å². The van der Waals surface area contributed by atoms with Gasteiger partial charge in [-0.05, 0) is 20.8 Å². The van der Waals surface area contributed by atoms with Gasteiger partial charge in [-0.25, -0.2) is 4.98 Å². The van der Waals surface area contributed by atoms with Gasteiger partial charge in [0, 0.05) is 35.7 Å². The Morgan fingerprint density at radius 2 is 2.31 bits per heavy atom. The molecule has 1 rings (SSSR count).